The summed E-state index contributed by atoms with van der Waals surface area (Å²) < 4.78 is 0. The number of pyridine rings is 1. The summed E-state index contributed by atoms with van der Waals surface area (Å²) in [6.07, 6.45) is 0. The molecule has 0 atom stereocenters. The Hall–Kier alpha value is -1.70. The SMILES string of the molecule is CC(=O)c1cc2ccccc2nc1C. The summed E-state index contributed by atoms with van der Waals surface area (Å²) in [4.78, 5) is 15.6. The van der Waals surface area contributed by atoms with Crippen molar-refractivity contribution in [3.8, 4) is 0 Å². The molecule has 70 valence electrons. The number of aryl methyl sites for hydroxylation is 1. The third kappa shape index (κ3) is 1.39. The Morgan fingerprint density at radius 2 is 2.00 bits per heavy atom. The van der Waals surface area contributed by atoms with E-state index in [0.717, 1.165) is 16.6 Å². The van der Waals surface area contributed by atoms with E-state index < -0.39 is 0 Å². The largest absolute Gasteiger partial charge is 0.294 e. The van der Waals surface area contributed by atoms with Gasteiger partial charge in [-0.05, 0) is 26.0 Å². The van der Waals surface area contributed by atoms with E-state index in [2.05, 4.69) is 4.98 Å². The number of hydrogen-bond donors (Lipinski definition) is 0. The zero-order valence-corrected chi connectivity index (χ0v) is 8.24. The van der Waals surface area contributed by atoms with Crippen molar-refractivity contribution in [1.29, 1.82) is 0 Å². The Morgan fingerprint density at radius 1 is 1.29 bits per heavy atom. The molecule has 0 saturated carbocycles. The van der Waals surface area contributed by atoms with E-state index in [1.54, 1.807) is 6.92 Å². The Balaban J connectivity index is 2.77. The predicted octanol–water partition coefficient (Wildman–Crippen LogP) is 2.75. The predicted molar refractivity (Wildman–Crippen MR) is 56.5 cm³/mol. The smallest absolute Gasteiger partial charge is 0.161 e. The molecule has 2 aromatic rings. The second-order valence-corrected chi connectivity index (χ2v) is 3.37. The number of fused-ring (bicyclic) bond motifs is 1. The van der Waals surface area contributed by atoms with Gasteiger partial charge in [0.15, 0.2) is 5.78 Å². The summed E-state index contributed by atoms with van der Waals surface area (Å²) >= 11 is 0. The molecule has 0 radical (unpaired) electrons. The van der Waals surface area contributed by atoms with Crippen LogP contribution < -0.4 is 0 Å². The summed E-state index contributed by atoms with van der Waals surface area (Å²) in [5, 5.41) is 1.02. The van der Waals surface area contributed by atoms with Gasteiger partial charge >= 0.3 is 0 Å². The van der Waals surface area contributed by atoms with Crippen molar-refractivity contribution in [2.45, 2.75) is 13.8 Å². The zero-order valence-electron chi connectivity index (χ0n) is 8.24. The average molecular weight is 185 g/mol. The molecule has 2 rings (SSSR count). The number of carbonyl (C=O) groups is 1. The van der Waals surface area contributed by atoms with E-state index in [-0.39, 0.29) is 5.78 Å². The number of aromatic nitrogens is 1. The third-order valence-corrected chi connectivity index (χ3v) is 2.29. The van der Waals surface area contributed by atoms with Gasteiger partial charge in [0.05, 0.1) is 5.52 Å². The van der Waals surface area contributed by atoms with Gasteiger partial charge in [0.25, 0.3) is 0 Å². The number of carbonyl (C=O) groups excluding carboxylic acids is 1. The highest BCUT2D eigenvalue weighted by Gasteiger charge is 2.06. The average Bonchev–Trinajstić information content (AvgIpc) is 2.16. The van der Waals surface area contributed by atoms with Gasteiger partial charge in [-0.25, -0.2) is 0 Å². The normalized spacial score (nSPS) is 10.4. The van der Waals surface area contributed by atoms with Crippen LogP contribution >= 0.6 is 0 Å². The summed E-state index contributed by atoms with van der Waals surface area (Å²) in [5.74, 6) is 0.0701. The standard InChI is InChI=1S/C12H11NO/c1-8-11(9(2)14)7-10-5-3-4-6-12(10)13-8/h3-7H,1-2H3. The second kappa shape index (κ2) is 3.22. The van der Waals surface area contributed by atoms with Gasteiger partial charge in [-0.2, -0.15) is 0 Å². The van der Waals surface area contributed by atoms with Gasteiger partial charge in [0.1, 0.15) is 0 Å². The maximum Gasteiger partial charge on any atom is 0.161 e. The van der Waals surface area contributed by atoms with Crippen molar-refractivity contribution in [2.75, 3.05) is 0 Å². The van der Waals surface area contributed by atoms with E-state index in [1.165, 1.54) is 0 Å². The first-order valence-electron chi connectivity index (χ1n) is 4.56. The molecule has 0 aliphatic rings. The highest BCUT2D eigenvalue weighted by Crippen LogP contribution is 2.16. The van der Waals surface area contributed by atoms with E-state index in [4.69, 9.17) is 0 Å². The molecule has 0 fully saturated rings. The highest BCUT2D eigenvalue weighted by atomic mass is 16.1. The number of benzene rings is 1. The van der Waals surface area contributed by atoms with Crippen molar-refractivity contribution in [1.82, 2.24) is 4.98 Å². The molecule has 0 N–H and O–H groups in total. The quantitative estimate of drug-likeness (QED) is 0.639. The lowest BCUT2D eigenvalue weighted by Gasteiger charge is -2.03. The molecule has 2 nitrogen and oxygen atoms in total. The molecule has 1 aromatic carbocycles. The molecule has 0 amide bonds. The lowest BCUT2D eigenvalue weighted by Crippen LogP contribution is -1.98. The van der Waals surface area contributed by atoms with Gasteiger partial charge in [-0.3, -0.25) is 9.78 Å². The number of hydrogen-bond acceptors (Lipinski definition) is 2. The molecule has 0 aliphatic carbocycles. The zero-order chi connectivity index (χ0) is 10.1. The third-order valence-electron chi connectivity index (χ3n) is 2.29. The van der Waals surface area contributed by atoms with E-state index in [0.29, 0.717) is 5.56 Å². The van der Waals surface area contributed by atoms with E-state index in [9.17, 15) is 4.79 Å². The summed E-state index contributed by atoms with van der Waals surface area (Å²) in [5.41, 5.74) is 2.45. The minimum atomic E-state index is 0.0701. The van der Waals surface area contributed by atoms with Crippen LogP contribution in [-0.2, 0) is 0 Å². The fraction of sp³-hybridized carbons (Fsp3) is 0.167. The summed E-state index contributed by atoms with van der Waals surface area (Å²) in [6.45, 7) is 3.43. The van der Waals surface area contributed by atoms with Crippen molar-refractivity contribution >= 4 is 16.7 Å². The Labute approximate surface area is 82.6 Å². The first-order chi connectivity index (χ1) is 6.68. The van der Waals surface area contributed by atoms with Crippen LogP contribution in [0.15, 0.2) is 30.3 Å². The van der Waals surface area contributed by atoms with Gasteiger partial charge in [0.2, 0.25) is 0 Å². The number of ketones is 1. The Kier molecular flexibility index (Phi) is 2.04. The minimum Gasteiger partial charge on any atom is -0.294 e. The van der Waals surface area contributed by atoms with Crippen LogP contribution in [0.4, 0.5) is 0 Å². The maximum absolute atomic E-state index is 11.3. The van der Waals surface area contributed by atoms with Crippen molar-refractivity contribution in [3.63, 3.8) is 0 Å². The van der Waals surface area contributed by atoms with Crippen LogP contribution in [0.2, 0.25) is 0 Å². The summed E-state index contributed by atoms with van der Waals surface area (Å²) in [7, 11) is 0. The lowest BCUT2D eigenvalue weighted by molar-refractivity contribution is 0.101. The molecule has 2 heteroatoms. The number of nitrogens with zero attached hydrogens (tertiary/aromatic N) is 1. The molecule has 0 bridgehead atoms. The van der Waals surface area contributed by atoms with Crippen molar-refractivity contribution in [2.24, 2.45) is 0 Å². The second-order valence-electron chi connectivity index (χ2n) is 3.37. The van der Waals surface area contributed by atoms with Gasteiger partial charge in [0, 0.05) is 16.6 Å². The van der Waals surface area contributed by atoms with Gasteiger partial charge < -0.3 is 0 Å². The van der Waals surface area contributed by atoms with Gasteiger partial charge in [-0.1, -0.05) is 18.2 Å². The molecular weight excluding hydrogens is 174 g/mol. The number of para-hydroxylation sites is 1. The molecular formula is C12H11NO. The fourth-order valence-corrected chi connectivity index (χ4v) is 1.57. The van der Waals surface area contributed by atoms with E-state index in [1.807, 2.05) is 37.3 Å². The number of Topliss-reactive ketones (excluding diaryl/α,β-unsaturated/α-hetero) is 1. The molecule has 0 unspecified atom stereocenters. The van der Waals surface area contributed by atoms with Crippen LogP contribution in [0.1, 0.15) is 23.0 Å². The topological polar surface area (TPSA) is 30.0 Å². The molecule has 0 aliphatic heterocycles. The fourth-order valence-electron chi connectivity index (χ4n) is 1.57. The maximum atomic E-state index is 11.3. The molecule has 0 saturated heterocycles. The van der Waals surface area contributed by atoms with Crippen LogP contribution in [0.5, 0.6) is 0 Å². The Morgan fingerprint density at radius 3 is 2.71 bits per heavy atom. The monoisotopic (exact) mass is 185 g/mol. The molecule has 1 heterocycles. The first-order valence-corrected chi connectivity index (χ1v) is 4.56. The molecule has 0 spiro atoms. The first kappa shape index (κ1) is 8.88. The van der Waals surface area contributed by atoms with Crippen LogP contribution in [0.3, 0.4) is 0 Å². The minimum absolute atomic E-state index is 0.0701. The summed E-state index contributed by atoms with van der Waals surface area (Å²) in [6, 6.07) is 9.71. The Bertz CT molecular complexity index is 503. The lowest BCUT2D eigenvalue weighted by atomic mass is 10.1. The van der Waals surface area contributed by atoms with Crippen LogP contribution in [0.25, 0.3) is 10.9 Å². The molecule has 14 heavy (non-hydrogen) atoms. The number of rotatable bonds is 1. The van der Waals surface area contributed by atoms with Gasteiger partial charge in [-0.15, -0.1) is 0 Å². The molecule has 1 aromatic heterocycles. The van der Waals surface area contributed by atoms with Crippen LogP contribution in [-0.4, -0.2) is 10.8 Å². The van der Waals surface area contributed by atoms with Crippen LogP contribution in [0, 0.1) is 6.92 Å². The van der Waals surface area contributed by atoms with Crippen molar-refractivity contribution in [3.05, 3.63) is 41.6 Å². The van der Waals surface area contributed by atoms with Crippen molar-refractivity contribution < 1.29 is 4.79 Å². The highest BCUT2D eigenvalue weighted by molar-refractivity contribution is 5.98. The van der Waals surface area contributed by atoms with E-state index >= 15 is 0 Å².